The van der Waals surface area contributed by atoms with Crippen LogP contribution in [0.3, 0.4) is 0 Å². The van der Waals surface area contributed by atoms with E-state index in [2.05, 4.69) is 46.4 Å². The second kappa shape index (κ2) is 10.3. The van der Waals surface area contributed by atoms with Crippen molar-refractivity contribution in [1.82, 2.24) is 19.8 Å². The first-order chi connectivity index (χ1) is 17.8. The lowest BCUT2D eigenvalue weighted by atomic mass is 10.1. The molecule has 1 aliphatic rings. The van der Waals surface area contributed by atoms with Crippen molar-refractivity contribution in [3.63, 3.8) is 0 Å². The Balaban J connectivity index is 1.31. The standard InChI is InChI=1S/C28H26ClFN4O3/c1-17-3-2-4-18(11-17)14-33-10-9-21(16-33)31-26(35)22-12-19(5-7-24(22)29)15-34-25-8-6-20(30)13-23(25)27(36)32-28(34)37/h2-8,11-13,21H,9-10,14-16H2,1H3,(H,31,35)(H,32,36,37). The maximum atomic E-state index is 13.7. The molecule has 1 aliphatic heterocycles. The molecule has 0 radical (unpaired) electrons. The van der Waals surface area contributed by atoms with Crippen molar-refractivity contribution >= 4 is 28.4 Å². The van der Waals surface area contributed by atoms with Crippen molar-refractivity contribution in [3.8, 4) is 0 Å². The third-order valence-electron chi connectivity index (χ3n) is 6.67. The first-order valence-electron chi connectivity index (χ1n) is 12.1. The first-order valence-corrected chi connectivity index (χ1v) is 12.4. The SMILES string of the molecule is Cc1cccc(CN2CCC(NC(=O)c3cc(Cn4c(=O)[nH]c(=O)c5cc(F)ccc54)ccc3Cl)C2)c1. The van der Waals surface area contributed by atoms with Gasteiger partial charge in [-0.15, -0.1) is 0 Å². The Labute approximate surface area is 217 Å². The number of benzene rings is 3. The molecule has 0 aliphatic carbocycles. The van der Waals surface area contributed by atoms with Gasteiger partial charge in [0, 0.05) is 25.7 Å². The number of likely N-dealkylation sites (tertiary alicyclic amines) is 1. The molecule has 1 aromatic heterocycles. The molecule has 2 N–H and O–H groups in total. The van der Waals surface area contributed by atoms with Gasteiger partial charge in [-0.3, -0.25) is 24.0 Å². The Morgan fingerprint density at radius 1 is 1.08 bits per heavy atom. The first kappa shape index (κ1) is 24.9. The summed E-state index contributed by atoms with van der Waals surface area (Å²) in [5.41, 5.74) is 2.45. The monoisotopic (exact) mass is 520 g/mol. The van der Waals surface area contributed by atoms with Gasteiger partial charge in [0.15, 0.2) is 0 Å². The molecule has 3 aromatic carbocycles. The third kappa shape index (κ3) is 5.50. The summed E-state index contributed by atoms with van der Waals surface area (Å²) in [6.07, 6.45) is 0.837. The van der Waals surface area contributed by atoms with Gasteiger partial charge in [-0.05, 0) is 54.8 Å². The largest absolute Gasteiger partial charge is 0.348 e. The van der Waals surface area contributed by atoms with Gasteiger partial charge in [-0.25, -0.2) is 9.18 Å². The van der Waals surface area contributed by atoms with Crippen molar-refractivity contribution < 1.29 is 9.18 Å². The summed E-state index contributed by atoms with van der Waals surface area (Å²) in [5, 5.41) is 3.46. The van der Waals surface area contributed by atoms with Crippen LogP contribution in [0.1, 0.15) is 33.5 Å². The van der Waals surface area contributed by atoms with Gasteiger partial charge in [0.1, 0.15) is 5.82 Å². The zero-order chi connectivity index (χ0) is 26.1. The van der Waals surface area contributed by atoms with Gasteiger partial charge in [0.2, 0.25) is 0 Å². The van der Waals surface area contributed by atoms with Gasteiger partial charge in [-0.2, -0.15) is 0 Å². The van der Waals surface area contributed by atoms with E-state index in [0.29, 0.717) is 21.7 Å². The third-order valence-corrected chi connectivity index (χ3v) is 7.00. The number of hydrogen-bond donors (Lipinski definition) is 2. The van der Waals surface area contributed by atoms with Crippen molar-refractivity contribution in [2.24, 2.45) is 0 Å². The van der Waals surface area contributed by atoms with Crippen molar-refractivity contribution in [2.75, 3.05) is 13.1 Å². The molecule has 5 rings (SSSR count). The highest BCUT2D eigenvalue weighted by Crippen LogP contribution is 2.21. The second-order valence-electron chi connectivity index (χ2n) is 9.50. The number of hydrogen-bond acceptors (Lipinski definition) is 4. The Morgan fingerprint density at radius 3 is 2.70 bits per heavy atom. The molecule has 1 atom stereocenters. The molecular formula is C28H26ClFN4O3. The lowest BCUT2D eigenvalue weighted by Crippen LogP contribution is -2.37. The molecule has 1 unspecified atom stereocenters. The predicted molar refractivity (Wildman–Crippen MR) is 142 cm³/mol. The molecule has 0 saturated carbocycles. The number of amides is 1. The number of rotatable bonds is 6. The van der Waals surface area contributed by atoms with E-state index in [1.165, 1.54) is 27.8 Å². The van der Waals surface area contributed by atoms with E-state index in [9.17, 15) is 18.8 Å². The summed E-state index contributed by atoms with van der Waals surface area (Å²) in [4.78, 5) is 42.3. The summed E-state index contributed by atoms with van der Waals surface area (Å²) in [6, 6.07) is 17.1. The molecule has 1 fully saturated rings. The van der Waals surface area contributed by atoms with Crippen molar-refractivity contribution in [2.45, 2.75) is 32.5 Å². The topological polar surface area (TPSA) is 87.2 Å². The molecule has 1 saturated heterocycles. The van der Waals surface area contributed by atoms with Gasteiger partial charge in [0.05, 0.1) is 28.0 Å². The fourth-order valence-electron chi connectivity index (χ4n) is 4.88. The van der Waals surface area contributed by atoms with Crippen LogP contribution >= 0.6 is 11.6 Å². The van der Waals surface area contributed by atoms with Crippen LogP contribution in [0.15, 0.2) is 70.3 Å². The Hall–Kier alpha value is -3.75. The van der Waals surface area contributed by atoms with Crippen LogP contribution in [0, 0.1) is 12.7 Å². The molecule has 0 spiro atoms. The molecular weight excluding hydrogens is 495 g/mol. The molecule has 190 valence electrons. The van der Waals surface area contributed by atoms with Crippen LogP contribution in [0.2, 0.25) is 5.02 Å². The highest BCUT2D eigenvalue weighted by atomic mass is 35.5. The summed E-state index contributed by atoms with van der Waals surface area (Å²) in [5.74, 6) is -0.854. The van der Waals surface area contributed by atoms with Crippen LogP contribution in [-0.4, -0.2) is 39.5 Å². The highest BCUT2D eigenvalue weighted by molar-refractivity contribution is 6.33. The zero-order valence-corrected chi connectivity index (χ0v) is 21.0. The van der Waals surface area contributed by atoms with Gasteiger partial charge in [0.25, 0.3) is 11.5 Å². The normalized spacial score (nSPS) is 15.8. The van der Waals surface area contributed by atoms with E-state index in [1.807, 2.05) is 0 Å². The summed E-state index contributed by atoms with van der Waals surface area (Å²) < 4.78 is 15.0. The number of aryl methyl sites for hydroxylation is 1. The van der Waals surface area contributed by atoms with Crippen LogP contribution in [0.4, 0.5) is 4.39 Å². The minimum Gasteiger partial charge on any atom is -0.348 e. The molecule has 37 heavy (non-hydrogen) atoms. The van der Waals surface area contributed by atoms with Crippen LogP contribution in [0.5, 0.6) is 0 Å². The fourth-order valence-corrected chi connectivity index (χ4v) is 5.08. The van der Waals surface area contributed by atoms with E-state index in [-0.39, 0.29) is 23.9 Å². The van der Waals surface area contributed by atoms with Crippen LogP contribution in [0.25, 0.3) is 10.9 Å². The van der Waals surface area contributed by atoms with Crippen LogP contribution in [-0.2, 0) is 13.1 Å². The van der Waals surface area contributed by atoms with Gasteiger partial charge < -0.3 is 5.32 Å². The number of halogens is 2. The van der Waals surface area contributed by atoms with Crippen molar-refractivity contribution in [1.29, 1.82) is 0 Å². The molecule has 1 amide bonds. The molecule has 4 aromatic rings. The molecule has 7 nitrogen and oxygen atoms in total. The zero-order valence-electron chi connectivity index (χ0n) is 20.3. The van der Waals surface area contributed by atoms with E-state index in [4.69, 9.17) is 11.6 Å². The van der Waals surface area contributed by atoms with Gasteiger partial charge in [-0.1, -0.05) is 47.5 Å². The number of nitrogens with one attached hydrogen (secondary N) is 2. The Kier molecular flexibility index (Phi) is 6.95. The van der Waals surface area contributed by atoms with Gasteiger partial charge >= 0.3 is 5.69 Å². The lowest BCUT2D eigenvalue weighted by molar-refractivity contribution is 0.0937. The number of fused-ring (bicyclic) bond motifs is 1. The van der Waals surface area contributed by atoms with E-state index in [1.54, 1.807) is 18.2 Å². The smallest absolute Gasteiger partial charge is 0.329 e. The average molecular weight is 521 g/mol. The van der Waals surface area contributed by atoms with E-state index < -0.39 is 17.1 Å². The maximum Gasteiger partial charge on any atom is 0.329 e. The van der Waals surface area contributed by atoms with Crippen molar-refractivity contribution in [3.05, 3.63) is 115 Å². The molecule has 9 heteroatoms. The quantitative estimate of drug-likeness (QED) is 0.404. The minimum absolute atomic E-state index is 0.00214. The number of aromatic amines is 1. The number of H-pyrrole nitrogens is 1. The van der Waals surface area contributed by atoms with E-state index in [0.717, 1.165) is 32.1 Å². The number of nitrogens with zero attached hydrogens (tertiary/aromatic N) is 2. The number of carbonyl (C=O) groups is 1. The second-order valence-corrected chi connectivity index (χ2v) is 9.91. The Morgan fingerprint density at radius 2 is 1.89 bits per heavy atom. The summed E-state index contributed by atoms with van der Waals surface area (Å²) >= 11 is 6.37. The number of aromatic nitrogens is 2. The molecule has 0 bridgehead atoms. The van der Waals surface area contributed by atoms with Crippen LogP contribution < -0.4 is 16.6 Å². The Bertz CT molecular complexity index is 1610. The number of carbonyl (C=O) groups excluding carboxylic acids is 1. The average Bonchev–Trinajstić information content (AvgIpc) is 3.29. The molecule has 2 heterocycles. The van der Waals surface area contributed by atoms with E-state index >= 15 is 0 Å². The highest BCUT2D eigenvalue weighted by Gasteiger charge is 2.25. The summed E-state index contributed by atoms with van der Waals surface area (Å²) in [7, 11) is 0. The lowest BCUT2D eigenvalue weighted by Gasteiger charge is -2.18. The fraction of sp³-hybridized carbons (Fsp3) is 0.250. The predicted octanol–water partition coefficient (Wildman–Crippen LogP) is 3.84. The summed E-state index contributed by atoms with van der Waals surface area (Å²) in [6.45, 7) is 4.60. The maximum absolute atomic E-state index is 13.7. The minimum atomic E-state index is -0.653.